The first kappa shape index (κ1) is 15.4. The van der Waals surface area contributed by atoms with Gasteiger partial charge in [-0.15, -0.1) is 0 Å². The van der Waals surface area contributed by atoms with E-state index < -0.39 is 5.97 Å². The van der Waals surface area contributed by atoms with Crippen LogP contribution in [0, 0.1) is 5.82 Å². The lowest BCUT2D eigenvalue weighted by Crippen LogP contribution is -2.11. The summed E-state index contributed by atoms with van der Waals surface area (Å²) in [5.74, 6) is -0.729. The maximum absolute atomic E-state index is 13.8. The molecule has 0 radical (unpaired) electrons. The molecule has 0 spiro atoms. The molecule has 0 aliphatic carbocycles. The van der Waals surface area contributed by atoms with Gasteiger partial charge in [-0.3, -0.25) is 0 Å². The number of hydrogen-bond donors (Lipinski definition) is 0. The van der Waals surface area contributed by atoms with Gasteiger partial charge < -0.3 is 9.47 Å². The van der Waals surface area contributed by atoms with E-state index in [2.05, 4.69) is 0 Å². The Hall–Kier alpha value is -1.68. The average molecular weight is 266 g/mol. The van der Waals surface area contributed by atoms with Crippen LogP contribution in [0.5, 0.6) is 0 Å². The van der Waals surface area contributed by atoms with E-state index in [1.54, 1.807) is 32.2 Å². The predicted octanol–water partition coefficient (Wildman–Crippen LogP) is 2.98. The molecule has 0 N–H and O–H groups in total. The second-order valence-corrected chi connectivity index (χ2v) is 4.14. The summed E-state index contributed by atoms with van der Waals surface area (Å²) in [5.41, 5.74) is 1.20. The SMILES string of the molecule is CCOC(=O)/C=C/c1cccc(F)c1CC(C)OC. The van der Waals surface area contributed by atoms with Gasteiger partial charge in [0, 0.05) is 19.6 Å². The fourth-order valence-electron chi connectivity index (χ4n) is 1.67. The van der Waals surface area contributed by atoms with E-state index in [4.69, 9.17) is 9.47 Å². The molecule has 1 aromatic rings. The Morgan fingerprint density at radius 1 is 1.47 bits per heavy atom. The molecule has 1 aromatic carbocycles. The summed E-state index contributed by atoms with van der Waals surface area (Å²) in [6.07, 6.45) is 3.23. The van der Waals surface area contributed by atoms with Crippen LogP contribution >= 0.6 is 0 Å². The second kappa shape index (κ2) is 7.69. The molecule has 4 heteroatoms. The zero-order valence-corrected chi connectivity index (χ0v) is 11.5. The van der Waals surface area contributed by atoms with Crippen LogP contribution in [0.3, 0.4) is 0 Å². The van der Waals surface area contributed by atoms with Crippen molar-refractivity contribution in [2.45, 2.75) is 26.4 Å². The minimum absolute atomic E-state index is 0.0911. The molecule has 1 rings (SSSR count). The number of rotatable bonds is 6. The minimum atomic E-state index is -0.433. The summed E-state index contributed by atoms with van der Waals surface area (Å²) in [5, 5.41) is 0. The minimum Gasteiger partial charge on any atom is -0.463 e. The zero-order chi connectivity index (χ0) is 14.3. The Morgan fingerprint density at radius 2 is 2.21 bits per heavy atom. The summed E-state index contributed by atoms with van der Waals surface area (Å²) in [4.78, 5) is 11.3. The Bertz CT molecular complexity index is 455. The van der Waals surface area contributed by atoms with Crippen molar-refractivity contribution in [1.82, 2.24) is 0 Å². The van der Waals surface area contributed by atoms with Crippen LogP contribution in [0.4, 0.5) is 4.39 Å². The van der Waals surface area contributed by atoms with E-state index in [1.807, 2.05) is 6.92 Å². The smallest absolute Gasteiger partial charge is 0.330 e. The molecular formula is C15H19FO3. The van der Waals surface area contributed by atoms with Gasteiger partial charge in [0.2, 0.25) is 0 Å². The molecule has 0 aliphatic heterocycles. The number of ether oxygens (including phenoxy) is 2. The monoisotopic (exact) mass is 266 g/mol. The number of hydrogen-bond acceptors (Lipinski definition) is 3. The van der Waals surface area contributed by atoms with Crippen LogP contribution in [0.25, 0.3) is 6.08 Å². The zero-order valence-electron chi connectivity index (χ0n) is 11.5. The van der Waals surface area contributed by atoms with Crippen molar-refractivity contribution in [3.8, 4) is 0 Å². The maximum atomic E-state index is 13.8. The molecule has 0 bridgehead atoms. The number of esters is 1. The molecule has 0 heterocycles. The van der Waals surface area contributed by atoms with E-state index in [-0.39, 0.29) is 11.9 Å². The number of methoxy groups -OCH3 is 1. The van der Waals surface area contributed by atoms with Crippen molar-refractivity contribution in [2.75, 3.05) is 13.7 Å². The van der Waals surface area contributed by atoms with E-state index in [9.17, 15) is 9.18 Å². The molecule has 0 amide bonds. The topological polar surface area (TPSA) is 35.5 Å². The first-order chi connectivity index (χ1) is 9.08. The second-order valence-electron chi connectivity index (χ2n) is 4.14. The van der Waals surface area contributed by atoms with Crippen molar-refractivity contribution < 1.29 is 18.7 Å². The molecule has 19 heavy (non-hydrogen) atoms. The quantitative estimate of drug-likeness (QED) is 0.586. The van der Waals surface area contributed by atoms with Crippen LogP contribution in [0.1, 0.15) is 25.0 Å². The van der Waals surface area contributed by atoms with Gasteiger partial charge in [0.05, 0.1) is 12.7 Å². The summed E-state index contributed by atoms with van der Waals surface area (Å²) in [6.45, 7) is 3.92. The summed E-state index contributed by atoms with van der Waals surface area (Å²) in [6, 6.07) is 4.77. The summed E-state index contributed by atoms with van der Waals surface area (Å²) < 4.78 is 23.8. The fourth-order valence-corrected chi connectivity index (χ4v) is 1.67. The molecule has 1 atom stereocenters. The van der Waals surface area contributed by atoms with Gasteiger partial charge in [0.15, 0.2) is 0 Å². The van der Waals surface area contributed by atoms with Crippen molar-refractivity contribution in [3.63, 3.8) is 0 Å². The van der Waals surface area contributed by atoms with Crippen molar-refractivity contribution in [3.05, 3.63) is 41.2 Å². The third-order valence-electron chi connectivity index (χ3n) is 2.73. The molecule has 0 saturated carbocycles. The highest BCUT2D eigenvalue weighted by Gasteiger charge is 2.10. The number of carbonyl (C=O) groups excluding carboxylic acids is 1. The lowest BCUT2D eigenvalue weighted by molar-refractivity contribution is -0.137. The molecular weight excluding hydrogens is 247 g/mol. The van der Waals surface area contributed by atoms with Gasteiger partial charge in [-0.1, -0.05) is 12.1 Å². The molecule has 3 nitrogen and oxygen atoms in total. The normalized spacial score (nSPS) is 12.6. The van der Waals surface area contributed by atoms with Gasteiger partial charge >= 0.3 is 5.97 Å². The van der Waals surface area contributed by atoms with Gasteiger partial charge in [-0.2, -0.15) is 0 Å². The molecule has 0 aliphatic rings. The largest absolute Gasteiger partial charge is 0.463 e. The third-order valence-corrected chi connectivity index (χ3v) is 2.73. The molecule has 104 valence electrons. The van der Waals surface area contributed by atoms with Gasteiger partial charge in [-0.05, 0) is 37.1 Å². The van der Waals surface area contributed by atoms with Gasteiger partial charge in [-0.25, -0.2) is 9.18 Å². The fraction of sp³-hybridized carbons (Fsp3) is 0.400. The highest BCUT2D eigenvalue weighted by atomic mass is 19.1. The van der Waals surface area contributed by atoms with Crippen molar-refractivity contribution in [2.24, 2.45) is 0 Å². The lowest BCUT2D eigenvalue weighted by Gasteiger charge is -2.12. The number of benzene rings is 1. The van der Waals surface area contributed by atoms with Crippen LogP contribution in [-0.2, 0) is 20.7 Å². The molecule has 0 aromatic heterocycles. The first-order valence-corrected chi connectivity index (χ1v) is 6.23. The van der Waals surface area contributed by atoms with Crippen molar-refractivity contribution in [1.29, 1.82) is 0 Å². The van der Waals surface area contributed by atoms with E-state index in [1.165, 1.54) is 12.1 Å². The standard InChI is InChI=1S/C15H19FO3/c1-4-19-15(17)9-8-12-6-5-7-14(16)13(12)10-11(2)18-3/h5-9,11H,4,10H2,1-3H3/b9-8+. The summed E-state index contributed by atoms with van der Waals surface area (Å²) >= 11 is 0. The summed E-state index contributed by atoms with van der Waals surface area (Å²) in [7, 11) is 1.58. The highest BCUT2D eigenvalue weighted by molar-refractivity contribution is 5.87. The van der Waals surface area contributed by atoms with Gasteiger partial charge in [0.1, 0.15) is 5.82 Å². The molecule has 1 unspecified atom stereocenters. The Labute approximate surface area is 113 Å². The van der Waals surface area contributed by atoms with Crippen molar-refractivity contribution >= 4 is 12.0 Å². The highest BCUT2D eigenvalue weighted by Crippen LogP contribution is 2.18. The Kier molecular flexibility index (Phi) is 6.22. The lowest BCUT2D eigenvalue weighted by atomic mass is 10.0. The Balaban J connectivity index is 2.94. The van der Waals surface area contributed by atoms with Crippen LogP contribution in [0.15, 0.2) is 24.3 Å². The Morgan fingerprint density at radius 3 is 2.84 bits per heavy atom. The molecule has 0 fully saturated rings. The van der Waals surface area contributed by atoms with Crippen LogP contribution < -0.4 is 0 Å². The van der Waals surface area contributed by atoms with E-state index in [0.717, 1.165) is 0 Å². The first-order valence-electron chi connectivity index (χ1n) is 6.23. The molecule has 0 saturated heterocycles. The maximum Gasteiger partial charge on any atom is 0.330 e. The van der Waals surface area contributed by atoms with Crippen LogP contribution in [-0.4, -0.2) is 25.8 Å². The van der Waals surface area contributed by atoms with Crippen LogP contribution in [0.2, 0.25) is 0 Å². The average Bonchev–Trinajstić information content (AvgIpc) is 2.39. The number of halogens is 1. The predicted molar refractivity (Wildman–Crippen MR) is 72.2 cm³/mol. The van der Waals surface area contributed by atoms with E-state index in [0.29, 0.717) is 24.2 Å². The van der Waals surface area contributed by atoms with Gasteiger partial charge in [0.25, 0.3) is 0 Å². The van der Waals surface area contributed by atoms with E-state index >= 15 is 0 Å². The number of carbonyl (C=O) groups is 1. The third kappa shape index (κ3) is 4.83.